The van der Waals surface area contributed by atoms with E-state index in [0.717, 1.165) is 0 Å². The molecular formula is C13H18N2O4. The largest absolute Gasteiger partial charge is 0.492 e. The van der Waals surface area contributed by atoms with Gasteiger partial charge in [0.1, 0.15) is 5.75 Å². The van der Waals surface area contributed by atoms with Gasteiger partial charge < -0.3 is 20.5 Å². The number of carbonyl (C=O) groups excluding carboxylic acids is 2. The number of methoxy groups -OCH3 is 1. The fourth-order valence-corrected chi connectivity index (χ4v) is 1.46. The van der Waals surface area contributed by atoms with Crippen LogP contribution in [-0.4, -0.2) is 32.1 Å². The fraction of sp³-hybridized carbons (Fsp3) is 0.385. The molecule has 104 valence electrons. The number of ether oxygens (including phenoxy) is 2. The normalized spacial score (nSPS) is 9.79. The van der Waals surface area contributed by atoms with Crippen LogP contribution in [0, 0.1) is 0 Å². The first kappa shape index (κ1) is 14.8. The molecule has 6 heteroatoms. The molecule has 0 atom stereocenters. The quantitative estimate of drug-likeness (QED) is 0.591. The molecule has 0 unspecified atom stereocenters. The Bertz CT molecular complexity index is 460. The summed E-state index contributed by atoms with van der Waals surface area (Å²) in [6, 6.07) is 4.81. The van der Waals surface area contributed by atoms with Gasteiger partial charge in [-0.2, -0.15) is 0 Å². The van der Waals surface area contributed by atoms with E-state index in [2.05, 4.69) is 10.1 Å². The van der Waals surface area contributed by atoms with Crippen LogP contribution in [0.25, 0.3) is 0 Å². The predicted octanol–water partition coefficient (Wildman–Crippen LogP) is 0.960. The van der Waals surface area contributed by atoms with Crippen LogP contribution >= 0.6 is 0 Å². The maximum Gasteiger partial charge on any atom is 0.307 e. The van der Waals surface area contributed by atoms with Crippen molar-refractivity contribution in [1.82, 2.24) is 5.32 Å². The van der Waals surface area contributed by atoms with E-state index >= 15 is 0 Å². The van der Waals surface area contributed by atoms with Gasteiger partial charge in [0.2, 0.25) is 0 Å². The summed E-state index contributed by atoms with van der Waals surface area (Å²) < 4.78 is 9.75. The monoisotopic (exact) mass is 266 g/mol. The number of rotatable bonds is 6. The van der Waals surface area contributed by atoms with Crippen LogP contribution in [-0.2, 0) is 9.53 Å². The highest BCUT2D eigenvalue weighted by molar-refractivity contribution is 5.95. The third kappa shape index (κ3) is 4.50. The second-order valence-corrected chi connectivity index (χ2v) is 3.77. The Morgan fingerprint density at radius 1 is 1.37 bits per heavy atom. The molecule has 0 aromatic heterocycles. The van der Waals surface area contributed by atoms with Gasteiger partial charge in [-0.3, -0.25) is 9.59 Å². The van der Waals surface area contributed by atoms with Crippen LogP contribution in [0.2, 0.25) is 0 Å². The van der Waals surface area contributed by atoms with Crippen molar-refractivity contribution in [2.45, 2.75) is 13.3 Å². The molecule has 0 radical (unpaired) electrons. The van der Waals surface area contributed by atoms with E-state index < -0.39 is 0 Å². The van der Waals surface area contributed by atoms with Gasteiger partial charge in [-0.1, -0.05) is 0 Å². The molecular weight excluding hydrogens is 248 g/mol. The second-order valence-electron chi connectivity index (χ2n) is 3.77. The number of amides is 1. The van der Waals surface area contributed by atoms with Gasteiger partial charge in [-0.25, -0.2) is 0 Å². The van der Waals surface area contributed by atoms with Gasteiger partial charge in [0, 0.05) is 12.1 Å². The number of hydrogen-bond acceptors (Lipinski definition) is 5. The molecule has 0 fully saturated rings. The summed E-state index contributed by atoms with van der Waals surface area (Å²) in [6.45, 7) is 2.58. The number of anilines is 1. The molecule has 0 aliphatic carbocycles. The average molecular weight is 266 g/mol. The Kier molecular flexibility index (Phi) is 5.66. The van der Waals surface area contributed by atoms with E-state index in [-0.39, 0.29) is 24.8 Å². The van der Waals surface area contributed by atoms with Gasteiger partial charge in [-0.05, 0) is 25.1 Å². The third-order valence-electron chi connectivity index (χ3n) is 2.41. The van der Waals surface area contributed by atoms with E-state index in [0.29, 0.717) is 23.6 Å². The summed E-state index contributed by atoms with van der Waals surface area (Å²) in [5, 5.41) is 2.61. The first-order valence-electron chi connectivity index (χ1n) is 5.95. The molecule has 0 saturated carbocycles. The zero-order valence-corrected chi connectivity index (χ0v) is 11.1. The topological polar surface area (TPSA) is 90.6 Å². The molecule has 1 aromatic carbocycles. The minimum atomic E-state index is -0.369. The second kappa shape index (κ2) is 7.25. The van der Waals surface area contributed by atoms with Crippen LogP contribution in [0.1, 0.15) is 23.7 Å². The van der Waals surface area contributed by atoms with E-state index in [1.54, 1.807) is 18.2 Å². The number of esters is 1. The van der Waals surface area contributed by atoms with Crippen LogP contribution in [0.5, 0.6) is 5.75 Å². The highest BCUT2D eigenvalue weighted by atomic mass is 16.5. The molecule has 1 aromatic rings. The predicted molar refractivity (Wildman–Crippen MR) is 71.0 cm³/mol. The van der Waals surface area contributed by atoms with Gasteiger partial charge in [0.25, 0.3) is 5.91 Å². The number of hydrogen-bond donors (Lipinski definition) is 2. The first-order chi connectivity index (χ1) is 9.08. The molecule has 1 rings (SSSR count). The van der Waals surface area contributed by atoms with E-state index in [9.17, 15) is 9.59 Å². The van der Waals surface area contributed by atoms with Gasteiger partial charge >= 0.3 is 5.97 Å². The lowest BCUT2D eigenvalue weighted by molar-refractivity contribution is -0.140. The Labute approximate surface area is 111 Å². The molecule has 3 N–H and O–H groups in total. The Hall–Kier alpha value is -2.24. The minimum absolute atomic E-state index is 0.134. The molecule has 0 aliphatic rings. The number of benzene rings is 1. The van der Waals surface area contributed by atoms with E-state index in [1.165, 1.54) is 7.11 Å². The van der Waals surface area contributed by atoms with Crippen molar-refractivity contribution in [3.63, 3.8) is 0 Å². The number of nitrogen functional groups attached to an aromatic ring is 1. The molecule has 0 bridgehead atoms. The van der Waals surface area contributed by atoms with E-state index in [1.807, 2.05) is 6.92 Å². The van der Waals surface area contributed by atoms with Crippen molar-refractivity contribution in [3.8, 4) is 5.75 Å². The molecule has 0 aliphatic heterocycles. The lowest BCUT2D eigenvalue weighted by Crippen LogP contribution is -2.26. The van der Waals surface area contributed by atoms with Gasteiger partial charge in [0.15, 0.2) is 0 Å². The van der Waals surface area contributed by atoms with Gasteiger partial charge in [0.05, 0.1) is 25.8 Å². The molecule has 0 spiro atoms. The van der Waals surface area contributed by atoms with E-state index in [4.69, 9.17) is 10.5 Å². The van der Waals surface area contributed by atoms with Crippen molar-refractivity contribution < 1.29 is 19.1 Å². The lowest BCUT2D eigenvalue weighted by atomic mass is 10.1. The Morgan fingerprint density at radius 2 is 2.11 bits per heavy atom. The average Bonchev–Trinajstić information content (AvgIpc) is 2.40. The SMILES string of the molecule is CCOc1ccc(C(=O)NCCC(=O)OC)cc1N. The van der Waals surface area contributed by atoms with Crippen molar-refractivity contribution in [1.29, 1.82) is 0 Å². The Morgan fingerprint density at radius 3 is 2.68 bits per heavy atom. The van der Waals surface area contributed by atoms with Crippen LogP contribution in [0.15, 0.2) is 18.2 Å². The van der Waals surface area contributed by atoms with Crippen molar-refractivity contribution in [2.75, 3.05) is 26.0 Å². The molecule has 0 saturated heterocycles. The highest BCUT2D eigenvalue weighted by Gasteiger charge is 2.09. The summed E-state index contributed by atoms with van der Waals surface area (Å²) in [5.41, 5.74) is 6.59. The molecule has 1 amide bonds. The van der Waals surface area contributed by atoms with Crippen molar-refractivity contribution >= 4 is 17.6 Å². The highest BCUT2D eigenvalue weighted by Crippen LogP contribution is 2.22. The van der Waals surface area contributed by atoms with Crippen LogP contribution < -0.4 is 15.8 Å². The summed E-state index contributed by atoms with van der Waals surface area (Å²) in [4.78, 5) is 22.7. The minimum Gasteiger partial charge on any atom is -0.492 e. The third-order valence-corrected chi connectivity index (χ3v) is 2.41. The first-order valence-corrected chi connectivity index (χ1v) is 5.95. The summed E-state index contributed by atoms with van der Waals surface area (Å²) in [5.74, 6) is -0.112. The van der Waals surface area contributed by atoms with Crippen LogP contribution in [0.3, 0.4) is 0 Å². The Balaban J connectivity index is 2.57. The van der Waals surface area contributed by atoms with Crippen LogP contribution in [0.4, 0.5) is 5.69 Å². The summed E-state index contributed by atoms with van der Waals surface area (Å²) in [7, 11) is 1.30. The van der Waals surface area contributed by atoms with Crippen molar-refractivity contribution in [3.05, 3.63) is 23.8 Å². The zero-order chi connectivity index (χ0) is 14.3. The van der Waals surface area contributed by atoms with Gasteiger partial charge in [-0.15, -0.1) is 0 Å². The molecule has 0 heterocycles. The lowest BCUT2D eigenvalue weighted by Gasteiger charge is -2.09. The number of nitrogens with one attached hydrogen (secondary N) is 1. The number of carbonyl (C=O) groups is 2. The maximum absolute atomic E-state index is 11.8. The standard InChI is InChI=1S/C13H18N2O4/c1-3-19-11-5-4-9(8-10(11)14)13(17)15-7-6-12(16)18-2/h4-5,8H,3,6-7,14H2,1-2H3,(H,15,17). The van der Waals surface area contributed by atoms with Crippen molar-refractivity contribution in [2.24, 2.45) is 0 Å². The number of nitrogens with two attached hydrogens (primary N) is 1. The molecule has 19 heavy (non-hydrogen) atoms. The summed E-state index contributed by atoms with van der Waals surface area (Å²) >= 11 is 0. The smallest absolute Gasteiger partial charge is 0.307 e. The summed E-state index contributed by atoms with van der Waals surface area (Å²) in [6.07, 6.45) is 0.134. The maximum atomic E-state index is 11.8. The zero-order valence-electron chi connectivity index (χ0n) is 11.1. The molecule has 6 nitrogen and oxygen atoms in total. The fourth-order valence-electron chi connectivity index (χ4n) is 1.46.